The third-order valence-electron chi connectivity index (χ3n) is 6.08. The van der Waals surface area contributed by atoms with Crippen molar-refractivity contribution in [2.45, 2.75) is 77.4 Å². The molecule has 2 aliphatic rings. The van der Waals surface area contributed by atoms with E-state index in [0.29, 0.717) is 11.3 Å². The lowest BCUT2D eigenvalue weighted by molar-refractivity contribution is 0.309. The minimum atomic E-state index is 0.581. The standard InChI is InChI=1S/C21H38N6S/c1-5-22-19(26-14-12-21(16-26)10-6-7-11-21)23-13-8-9-18-24-25-20(28-4)27(18)15-17(2)3/h17H,5-16H2,1-4H3,(H,22,23). The fraction of sp³-hybridized carbons (Fsp3) is 0.857. The number of aliphatic imine (C=N–C) groups is 1. The van der Waals surface area contributed by atoms with Crippen LogP contribution in [0.15, 0.2) is 10.1 Å². The minimum Gasteiger partial charge on any atom is -0.357 e. The number of hydrogen-bond donors (Lipinski definition) is 1. The van der Waals surface area contributed by atoms with Crippen LogP contribution in [0.3, 0.4) is 0 Å². The number of likely N-dealkylation sites (tertiary alicyclic amines) is 1. The predicted octanol–water partition coefficient (Wildman–Crippen LogP) is 3.82. The van der Waals surface area contributed by atoms with Crippen molar-refractivity contribution >= 4 is 17.7 Å². The second kappa shape index (κ2) is 9.99. The third-order valence-corrected chi connectivity index (χ3v) is 6.75. The van der Waals surface area contributed by atoms with Gasteiger partial charge in [-0.2, -0.15) is 0 Å². The quantitative estimate of drug-likeness (QED) is 0.308. The fourth-order valence-corrected chi connectivity index (χ4v) is 5.22. The van der Waals surface area contributed by atoms with Gasteiger partial charge in [0.05, 0.1) is 0 Å². The number of aryl methyl sites for hydroxylation is 1. The molecule has 1 N–H and O–H groups in total. The number of nitrogens with zero attached hydrogens (tertiary/aromatic N) is 5. The zero-order valence-corrected chi connectivity index (χ0v) is 19.0. The molecule has 6 nitrogen and oxygen atoms in total. The Bertz CT molecular complexity index is 647. The number of thioether (sulfide) groups is 1. The van der Waals surface area contributed by atoms with Gasteiger partial charge in [0.25, 0.3) is 0 Å². The Morgan fingerprint density at radius 3 is 2.71 bits per heavy atom. The van der Waals surface area contributed by atoms with Gasteiger partial charge in [0, 0.05) is 39.1 Å². The summed E-state index contributed by atoms with van der Waals surface area (Å²) in [6, 6.07) is 0. The highest BCUT2D eigenvalue weighted by atomic mass is 32.2. The lowest BCUT2D eigenvalue weighted by Gasteiger charge is -2.26. The summed E-state index contributed by atoms with van der Waals surface area (Å²) >= 11 is 1.68. The molecule has 0 aromatic carbocycles. The molecule has 1 aliphatic carbocycles. The maximum Gasteiger partial charge on any atom is 0.193 e. The zero-order valence-electron chi connectivity index (χ0n) is 18.2. The van der Waals surface area contributed by atoms with Crippen LogP contribution in [0.4, 0.5) is 0 Å². The van der Waals surface area contributed by atoms with Crippen molar-refractivity contribution in [1.29, 1.82) is 0 Å². The SMILES string of the molecule is CCNC(=NCCCc1nnc(SC)n1CC(C)C)N1CCC2(CCCC2)C1. The Labute approximate surface area is 175 Å². The maximum atomic E-state index is 4.95. The van der Waals surface area contributed by atoms with Gasteiger partial charge in [0.15, 0.2) is 11.1 Å². The summed E-state index contributed by atoms with van der Waals surface area (Å²) in [5.41, 5.74) is 0.581. The van der Waals surface area contributed by atoms with E-state index in [4.69, 9.17) is 4.99 Å². The summed E-state index contributed by atoms with van der Waals surface area (Å²) in [6.07, 6.45) is 11.0. The van der Waals surface area contributed by atoms with Crippen LogP contribution in [0.25, 0.3) is 0 Å². The predicted molar refractivity (Wildman–Crippen MR) is 118 cm³/mol. The fourth-order valence-electron chi connectivity index (χ4n) is 4.70. The Morgan fingerprint density at radius 2 is 2.04 bits per heavy atom. The summed E-state index contributed by atoms with van der Waals surface area (Å²) in [5.74, 6) is 2.81. The van der Waals surface area contributed by atoms with E-state index in [2.05, 4.69) is 52.0 Å². The number of aromatic nitrogens is 3. The third kappa shape index (κ3) is 5.22. The van der Waals surface area contributed by atoms with E-state index in [1.807, 2.05) is 0 Å². The van der Waals surface area contributed by atoms with E-state index in [-0.39, 0.29) is 0 Å². The second-order valence-corrected chi connectivity index (χ2v) is 9.60. The molecule has 1 aliphatic heterocycles. The smallest absolute Gasteiger partial charge is 0.193 e. The Morgan fingerprint density at radius 1 is 1.25 bits per heavy atom. The van der Waals surface area contributed by atoms with Crippen LogP contribution in [0.5, 0.6) is 0 Å². The van der Waals surface area contributed by atoms with E-state index in [1.165, 1.54) is 38.6 Å². The first-order chi connectivity index (χ1) is 13.6. The summed E-state index contributed by atoms with van der Waals surface area (Å²) in [5, 5.41) is 13.3. The first-order valence-corrected chi connectivity index (χ1v) is 12.3. The summed E-state index contributed by atoms with van der Waals surface area (Å²) in [7, 11) is 0. The lowest BCUT2D eigenvalue weighted by atomic mass is 9.86. The number of guanidine groups is 1. The Hall–Kier alpha value is -1.24. The van der Waals surface area contributed by atoms with Crippen molar-refractivity contribution in [1.82, 2.24) is 25.0 Å². The van der Waals surface area contributed by atoms with Gasteiger partial charge < -0.3 is 14.8 Å². The van der Waals surface area contributed by atoms with Gasteiger partial charge in [-0.15, -0.1) is 10.2 Å². The molecular formula is C21H38N6S. The van der Waals surface area contributed by atoms with E-state index in [9.17, 15) is 0 Å². The van der Waals surface area contributed by atoms with Crippen molar-refractivity contribution in [2.24, 2.45) is 16.3 Å². The largest absolute Gasteiger partial charge is 0.357 e. The average molecular weight is 407 g/mol. The van der Waals surface area contributed by atoms with Crippen LogP contribution in [-0.4, -0.2) is 58.1 Å². The highest BCUT2D eigenvalue weighted by Crippen LogP contribution is 2.45. The topological polar surface area (TPSA) is 58.3 Å². The van der Waals surface area contributed by atoms with Crippen molar-refractivity contribution in [3.05, 3.63) is 5.82 Å². The molecule has 28 heavy (non-hydrogen) atoms. The van der Waals surface area contributed by atoms with Crippen molar-refractivity contribution in [3.63, 3.8) is 0 Å². The molecule has 7 heteroatoms. The highest BCUT2D eigenvalue weighted by molar-refractivity contribution is 7.98. The van der Waals surface area contributed by atoms with Gasteiger partial charge in [-0.05, 0) is 50.2 Å². The van der Waals surface area contributed by atoms with E-state index < -0.39 is 0 Å². The highest BCUT2D eigenvalue weighted by Gasteiger charge is 2.41. The van der Waals surface area contributed by atoms with Gasteiger partial charge in [-0.1, -0.05) is 38.5 Å². The first-order valence-electron chi connectivity index (χ1n) is 11.1. The molecule has 0 atom stereocenters. The van der Waals surface area contributed by atoms with Gasteiger partial charge in [-0.25, -0.2) is 0 Å². The Balaban J connectivity index is 1.55. The molecule has 1 saturated heterocycles. The molecule has 0 bridgehead atoms. The van der Waals surface area contributed by atoms with Crippen molar-refractivity contribution in [3.8, 4) is 0 Å². The Kier molecular flexibility index (Phi) is 7.66. The number of hydrogen-bond acceptors (Lipinski definition) is 4. The zero-order chi connectivity index (χ0) is 20.0. The van der Waals surface area contributed by atoms with Crippen LogP contribution >= 0.6 is 11.8 Å². The molecule has 1 aromatic rings. The molecule has 1 aromatic heterocycles. The molecule has 2 fully saturated rings. The van der Waals surface area contributed by atoms with Crippen LogP contribution in [-0.2, 0) is 13.0 Å². The van der Waals surface area contributed by atoms with E-state index in [1.54, 1.807) is 11.8 Å². The van der Waals surface area contributed by atoms with Gasteiger partial charge in [-0.3, -0.25) is 4.99 Å². The molecule has 0 unspecified atom stereocenters. The molecule has 2 heterocycles. The second-order valence-electron chi connectivity index (χ2n) is 8.83. The monoisotopic (exact) mass is 406 g/mol. The molecule has 1 saturated carbocycles. The van der Waals surface area contributed by atoms with Crippen molar-refractivity contribution < 1.29 is 0 Å². The normalized spacial score (nSPS) is 19.3. The molecule has 3 rings (SSSR count). The van der Waals surface area contributed by atoms with Crippen molar-refractivity contribution in [2.75, 3.05) is 32.4 Å². The van der Waals surface area contributed by atoms with Gasteiger partial charge in [0.1, 0.15) is 5.82 Å². The molecule has 1 spiro atoms. The van der Waals surface area contributed by atoms with Crippen LogP contribution in [0.2, 0.25) is 0 Å². The van der Waals surface area contributed by atoms with Gasteiger partial charge >= 0.3 is 0 Å². The minimum absolute atomic E-state index is 0.581. The molecular weight excluding hydrogens is 368 g/mol. The number of nitrogens with one attached hydrogen (secondary N) is 1. The summed E-state index contributed by atoms with van der Waals surface area (Å²) in [4.78, 5) is 7.45. The average Bonchev–Trinajstić information content (AvgIpc) is 3.39. The molecule has 158 valence electrons. The molecule has 0 amide bonds. The summed E-state index contributed by atoms with van der Waals surface area (Å²) < 4.78 is 2.29. The molecule has 0 radical (unpaired) electrons. The van der Waals surface area contributed by atoms with Crippen LogP contribution < -0.4 is 5.32 Å². The number of rotatable bonds is 8. The van der Waals surface area contributed by atoms with Gasteiger partial charge in [0.2, 0.25) is 0 Å². The van der Waals surface area contributed by atoms with Crippen LogP contribution in [0, 0.1) is 11.3 Å². The maximum absolute atomic E-state index is 4.95. The van der Waals surface area contributed by atoms with E-state index in [0.717, 1.165) is 56.0 Å². The lowest BCUT2D eigenvalue weighted by Crippen LogP contribution is -2.41. The summed E-state index contributed by atoms with van der Waals surface area (Å²) in [6.45, 7) is 11.8. The van der Waals surface area contributed by atoms with E-state index >= 15 is 0 Å². The first kappa shape index (κ1) is 21.5. The van der Waals surface area contributed by atoms with Crippen LogP contribution in [0.1, 0.15) is 65.1 Å².